The molecule has 8 nitrogen and oxygen atoms in total. The summed E-state index contributed by atoms with van der Waals surface area (Å²) in [6.07, 6.45) is 1.59. The second kappa shape index (κ2) is 15.9. The fourth-order valence-corrected chi connectivity index (χ4v) is 6.13. The molecule has 0 radical (unpaired) electrons. The second-order valence-electron chi connectivity index (χ2n) is 10.5. The van der Waals surface area contributed by atoms with Crippen molar-refractivity contribution in [1.29, 1.82) is 0 Å². The first kappa shape index (κ1) is 33.2. The summed E-state index contributed by atoms with van der Waals surface area (Å²) in [5.74, 6) is -0.530. The van der Waals surface area contributed by atoms with Crippen LogP contribution in [0.15, 0.2) is 119 Å². The third-order valence-corrected chi connectivity index (χ3v) is 8.75. The lowest BCUT2D eigenvalue weighted by Crippen LogP contribution is -2.30. The number of hydrogen-bond donors (Lipinski definition) is 3. The van der Waals surface area contributed by atoms with Gasteiger partial charge in [-0.05, 0) is 63.2 Å². The van der Waals surface area contributed by atoms with Gasteiger partial charge in [-0.15, -0.1) is 23.1 Å². The summed E-state index contributed by atoms with van der Waals surface area (Å²) in [7, 11) is 0. The van der Waals surface area contributed by atoms with Crippen molar-refractivity contribution in [3.63, 3.8) is 0 Å². The molecular formula is C37H34N4O4S2. The van der Waals surface area contributed by atoms with Gasteiger partial charge in [0.2, 0.25) is 5.91 Å². The van der Waals surface area contributed by atoms with E-state index in [1.54, 1.807) is 54.6 Å². The van der Waals surface area contributed by atoms with Gasteiger partial charge in [0.15, 0.2) is 5.13 Å². The van der Waals surface area contributed by atoms with Gasteiger partial charge in [0.25, 0.3) is 11.8 Å². The average molecular weight is 663 g/mol. The Morgan fingerprint density at radius 2 is 1.66 bits per heavy atom. The minimum Gasteiger partial charge on any atom is -0.493 e. The number of nitrogens with one attached hydrogen (secondary N) is 3. The molecule has 10 heteroatoms. The molecule has 0 aliphatic rings. The highest BCUT2D eigenvalue weighted by Gasteiger charge is 2.19. The highest BCUT2D eigenvalue weighted by molar-refractivity contribution is 8.00. The monoisotopic (exact) mass is 662 g/mol. The number of benzene rings is 4. The van der Waals surface area contributed by atoms with Crippen molar-refractivity contribution in [2.24, 2.45) is 0 Å². The standard InChI is InChI=1S/C37H34N4O4S2/c1-4-45-33-16-9-8-13-28(33)21-31(39-35(43)27-11-6-5-7-12-27)36(44)38-29-14-10-15-30(22-29)47-25(3)34(42)41-37-40-32(23-46-37)26-19-17-24(2)18-20-26/h5-23,25H,4H2,1-3H3,(H,38,44)(H,39,43)(H,40,41,42)/b31-21+. The van der Waals surface area contributed by atoms with Crippen LogP contribution in [0.2, 0.25) is 0 Å². The van der Waals surface area contributed by atoms with Gasteiger partial charge in [0.1, 0.15) is 11.4 Å². The van der Waals surface area contributed by atoms with Crippen LogP contribution in [0.4, 0.5) is 10.8 Å². The molecule has 0 fully saturated rings. The molecule has 3 amide bonds. The quantitative estimate of drug-likeness (QED) is 0.0922. The lowest BCUT2D eigenvalue weighted by Gasteiger charge is -2.14. The van der Waals surface area contributed by atoms with Crippen LogP contribution in [-0.4, -0.2) is 34.6 Å². The Hall–Kier alpha value is -5.19. The number of hydrogen-bond acceptors (Lipinski definition) is 7. The zero-order chi connectivity index (χ0) is 33.2. The van der Waals surface area contributed by atoms with Gasteiger partial charge in [-0.25, -0.2) is 4.98 Å². The van der Waals surface area contributed by atoms with E-state index in [-0.39, 0.29) is 11.6 Å². The SMILES string of the molecule is CCOc1ccccc1/C=C(/NC(=O)c1ccccc1)C(=O)Nc1cccc(SC(C)C(=O)Nc2nc(-c3ccc(C)cc3)cs2)c1. The lowest BCUT2D eigenvalue weighted by molar-refractivity contribution is -0.115. The van der Waals surface area contributed by atoms with E-state index in [0.29, 0.717) is 34.3 Å². The minimum atomic E-state index is -0.512. The maximum Gasteiger partial charge on any atom is 0.272 e. The summed E-state index contributed by atoms with van der Waals surface area (Å²) in [4.78, 5) is 45.1. The Morgan fingerprint density at radius 1 is 0.915 bits per heavy atom. The first-order valence-corrected chi connectivity index (χ1v) is 16.8. The molecule has 0 bridgehead atoms. The Kier molecular flexibility index (Phi) is 11.2. The fraction of sp³-hybridized carbons (Fsp3) is 0.135. The van der Waals surface area contributed by atoms with Gasteiger partial charge in [0.05, 0.1) is 17.6 Å². The van der Waals surface area contributed by atoms with Crippen LogP contribution in [0.1, 0.15) is 35.3 Å². The van der Waals surface area contributed by atoms with Crippen molar-refractivity contribution >= 4 is 57.7 Å². The number of rotatable bonds is 12. The number of aromatic nitrogens is 1. The van der Waals surface area contributed by atoms with Gasteiger partial charge in [-0.2, -0.15) is 0 Å². The zero-order valence-corrected chi connectivity index (χ0v) is 27.8. The van der Waals surface area contributed by atoms with E-state index in [2.05, 4.69) is 20.9 Å². The Morgan fingerprint density at radius 3 is 2.43 bits per heavy atom. The highest BCUT2D eigenvalue weighted by Crippen LogP contribution is 2.29. The molecule has 1 unspecified atom stereocenters. The second-order valence-corrected chi connectivity index (χ2v) is 12.8. The number of para-hydroxylation sites is 1. The van der Waals surface area contributed by atoms with Crippen LogP contribution >= 0.6 is 23.1 Å². The first-order valence-electron chi connectivity index (χ1n) is 15.0. The maximum absolute atomic E-state index is 13.6. The largest absolute Gasteiger partial charge is 0.493 e. The number of ether oxygens (including phenoxy) is 1. The minimum absolute atomic E-state index is 0.0465. The smallest absolute Gasteiger partial charge is 0.272 e. The zero-order valence-electron chi connectivity index (χ0n) is 26.2. The summed E-state index contributed by atoms with van der Waals surface area (Å²) in [5, 5.41) is 10.6. The summed E-state index contributed by atoms with van der Waals surface area (Å²) in [5.41, 5.74) is 4.58. The van der Waals surface area contributed by atoms with E-state index >= 15 is 0 Å². The van der Waals surface area contributed by atoms with Crippen molar-refractivity contribution in [2.45, 2.75) is 30.9 Å². The Labute approximate surface area is 282 Å². The number of carbonyl (C=O) groups is 3. The third kappa shape index (κ3) is 9.18. The van der Waals surface area contributed by atoms with E-state index in [9.17, 15) is 14.4 Å². The van der Waals surface area contributed by atoms with Crippen LogP contribution in [0.5, 0.6) is 5.75 Å². The summed E-state index contributed by atoms with van der Waals surface area (Å²) < 4.78 is 5.73. The Balaban J connectivity index is 1.27. The molecular weight excluding hydrogens is 629 g/mol. The summed E-state index contributed by atoms with van der Waals surface area (Å²) in [6.45, 7) is 6.17. The van der Waals surface area contributed by atoms with Gasteiger partial charge < -0.3 is 20.7 Å². The molecule has 238 valence electrons. The molecule has 1 aromatic heterocycles. The number of carbonyl (C=O) groups excluding carboxylic acids is 3. The molecule has 1 atom stereocenters. The van der Waals surface area contributed by atoms with Gasteiger partial charge in [0, 0.05) is 32.7 Å². The third-order valence-electron chi connectivity index (χ3n) is 6.90. The molecule has 1 heterocycles. The van der Waals surface area contributed by atoms with E-state index in [4.69, 9.17) is 4.74 Å². The average Bonchev–Trinajstić information content (AvgIpc) is 3.54. The van der Waals surface area contributed by atoms with Crippen LogP contribution in [0, 0.1) is 6.92 Å². The number of thioether (sulfide) groups is 1. The van der Waals surface area contributed by atoms with Gasteiger partial charge in [-0.1, -0.05) is 72.3 Å². The molecule has 4 aromatic carbocycles. The van der Waals surface area contributed by atoms with E-state index < -0.39 is 17.1 Å². The summed E-state index contributed by atoms with van der Waals surface area (Å²) in [6, 6.07) is 31.3. The number of aryl methyl sites for hydroxylation is 1. The molecule has 0 saturated carbocycles. The highest BCUT2D eigenvalue weighted by atomic mass is 32.2. The molecule has 0 aliphatic heterocycles. The van der Waals surface area contributed by atoms with Crippen LogP contribution < -0.4 is 20.7 Å². The number of amides is 3. The Bertz CT molecular complexity index is 1890. The van der Waals surface area contributed by atoms with E-state index in [1.165, 1.54) is 28.7 Å². The van der Waals surface area contributed by atoms with Crippen molar-refractivity contribution in [2.75, 3.05) is 17.2 Å². The van der Waals surface area contributed by atoms with E-state index in [1.807, 2.05) is 80.7 Å². The number of thiazole rings is 1. The lowest BCUT2D eigenvalue weighted by atomic mass is 10.1. The van der Waals surface area contributed by atoms with Gasteiger partial charge >= 0.3 is 0 Å². The molecule has 47 heavy (non-hydrogen) atoms. The predicted molar refractivity (Wildman–Crippen MR) is 191 cm³/mol. The molecule has 0 saturated heterocycles. The molecule has 5 aromatic rings. The topological polar surface area (TPSA) is 109 Å². The van der Waals surface area contributed by atoms with Gasteiger partial charge in [-0.3, -0.25) is 14.4 Å². The number of anilines is 2. The van der Waals surface area contributed by atoms with Crippen LogP contribution in [0.3, 0.4) is 0 Å². The van der Waals surface area contributed by atoms with Crippen molar-refractivity contribution < 1.29 is 19.1 Å². The predicted octanol–water partition coefficient (Wildman–Crippen LogP) is 8.05. The first-order chi connectivity index (χ1) is 22.8. The van der Waals surface area contributed by atoms with Crippen molar-refractivity contribution in [1.82, 2.24) is 10.3 Å². The molecule has 5 rings (SSSR count). The van der Waals surface area contributed by atoms with Crippen molar-refractivity contribution in [3.05, 3.63) is 131 Å². The maximum atomic E-state index is 13.6. The molecule has 0 aliphatic carbocycles. The number of nitrogens with zero attached hydrogens (tertiary/aromatic N) is 1. The van der Waals surface area contributed by atoms with E-state index in [0.717, 1.165) is 16.2 Å². The molecule has 3 N–H and O–H groups in total. The van der Waals surface area contributed by atoms with Crippen LogP contribution in [0.25, 0.3) is 17.3 Å². The van der Waals surface area contributed by atoms with Crippen molar-refractivity contribution in [3.8, 4) is 17.0 Å². The molecule has 0 spiro atoms. The normalized spacial score (nSPS) is 11.8. The fourth-order valence-electron chi connectivity index (χ4n) is 4.48. The van der Waals surface area contributed by atoms with Crippen LogP contribution in [-0.2, 0) is 9.59 Å². The summed E-state index contributed by atoms with van der Waals surface area (Å²) >= 11 is 2.73.